The number of halogens is 4. The first kappa shape index (κ1) is 15.9. The Morgan fingerprint density at radius 2 is 2.04 bits per heavy atom. The number of hydrogen-bond donors (Lipinski definition) is 0. The molecule has 0 bridgehead atoms. The first-order valence-corrected chi connectivity index (χ1v) is 7.70. The Morgan fingerprint density at radius 1 is 1.24 bits per heavy atom. The summed E-state index contributed by atoms with van der Waals surface area (Å²) in [5, 5.41) is 12.4. The van der Waals surface area contributed by atoms with Crippen LogP contribution in [-0.4, -0.2) is 40.0 Å². The lowest BCUT2D eigenvalue weighted by molar-refractivity contribution is -0.137. The normalized spacial score (nSPS) is 14.5. The van der Waals surface area contributed by atoms with Crippen molar-refractivity contribution >= 4 is 22.9 Å². The molecule has 6 nitrogen and oxygen atoms in total. The Morgan fingerprint density at radius 3 is 2.80 bits per heavy atom. The molecule has 0 fully saturated rings. The Kier molecular flexibility index (Phi) is 3.50. The van der Waals surface area contributed by atoms with Gasteiger partial charge in [0.2, 0.25) is 5.65 Å². The smallest absolute Gasteiger partial charge is 0.416 e. The van der Waals surface area contributed by atoms with Gasteiger partial charge in [-0.05, 0) is 12.1 Å². The van der Waals surface area contributed by atoms with Gasteiger partial charge in [0.15, 0.2) is 16.7 Å². The molecule has 0 spiro atoms. The van der Waals surface area contributed by atoms with Crippen molar-refractivity contribution in [3.8, 4) is 17.1 Å². The molecule has 4 rings (SSSR count). The van der Waals surface area contributed by atoms with Crippen molar-refractivity contribution in [2.45, 2.75) is 6.18 Å². The topological polar surface area (TPSA) is 55.5 Å². The highest BCUT2D eigenvalue weighted by Gasteiger charge is 2.31. The van der Waals surface area contributed by atoms with Crippen LogP contribution >= 0.6 is 11.6 Å². The number of aromatic nitrogens is 4. The molecule has 0 saturated carbocycles. The van der Waals surface area contributed by atoms with Crippen LogP contribution < -0.4 is 9.64 Å². The van der Waals surface area contributed by atoms with E-state index in [0.29, 0.717) is 30.2 Å². The highest BCUT2D eigenvalue weighted by molar-refractivity contribution is 6.32. The maximum absolute atomic E-state index is 13.0. The summed E-state index contributed by atoms with van der Waals surface area (Å²) in [4.78, 5) is 1.88. The van der Waals surface area contributed by atoms with E-state index in [4.69, 9.17) is 16.3 Å². The first-order chi connectivity index (χ1) is 11.9. The van der Waals surface area contributed by atoms with E-state index in [1.54, 1.807) is 0 Å². The molecule has 130 valence electrons. The molecule has 0 amide bonds. The molecule has 10 heteroatoms. The number of nitrogens with zero attached hydrogens (tertiary/aromatic N) is 5. The van der Waals surface area contributed by atoms with E-state index in [0.717, 1.165) is 12.1 Å². The molecule has 0 unspecified atom stereocenters. The van der Waals surface area contributed by atoms with E-state index >= 15 is 0 Å². The zero-order valence-electron chi connectivity index (χ0n) is 12.9. The van der Waals surface area contributed by atoms with Crippen molar-refractivity contribution in [3.63, 3.8) is 0 Å². The van der Waals surface area contributed by atoms with Gasteiger partial charge in [-0.2, -0.15) is 17.7 Å². The van der Waals surface area contributed by atoms with Crippen molar-refractivity contribution in [2.24, 2.45) is 0 Å². The van der Waals surface area contributed by atoms with Gasteiger partial charge in [0.05, 0.1) is 12.1 Å². The lowest BCUT2D eigenvalue weighted by Gasteiger charge is -2.27. The molecule has 3 heterocycles. The second-order valence-electron chi connectivity index (χ2n) is 5.58. The van der Waals surface area contributed by atoms with E-state index in [-0.39, 0.29) is 16.5 Å². The number of alkyl halides is 3. The van der Waals surface area contributed by atoms with Crippen LogP contribution in [0.5, 0.6) is 5.75 Å². The molecule has 1 aliphatic rings. The molecule has 0 atom stereocenters. The van der Waals surface area contributed by atoms with Crippen LogP contribution in [0.3, 0.4) is 0 Å². The number of anilines is 1. The highest BCUT2D eigenvalue weighted by atomic mass is 35.5. The third-order valence-electron chi connectivity index (χ3n) is 3.94. The summed E-state index contributed by atoms with van der Waals surface area (Å²) in [6.07, 6.45) is -4.45. The second kappa shape index (κ2) is 5.48. The van der Waals surface area contributed by atoms with Crippen molar-refractivity contribution in [3.05, 3.63) is 35.0 Å². The highest BCUT2D eigenvalue weighted by Crippen LogP contribution is 2.40. The van der Waals surface area contributed by atoms with E-state index < -0.39 is 11.7 Å². The van der Waals surface area contributed by atoms with Gasteiger partial charge >= 0.3 is 6.18 Å². The number of benzene rings is 1. The van der Waals surface area contributed by atoms with Crippen molar-refractivity contribution < 1.29 is 17.9 Å². The second-order valence-corrected chi connectivity index (χ2v) is 5.93. The molecule has 1 aromatic carbocycles. The Labute approximate surface area is 144 Å². The minimum Gasteiger partial charge on any atom is -0.486 e. The van der Waals surface area contributed by atoms with Gasteiger partial charge < -0.3 is 9.64 Å². The molecule has 0 aliphatic carbocycles. The number of rotatable bonds is 1. The summed E-state index contributed by atoms with van der Waals surface area (Å²) in [7, 11) is 1.84. The van der Waals surface area contributed by atoms with Crippen LogP contribution in [0.15, 0.2) is 24.3 Å². The van der Waals surface area contributed by atoms with Gasteiger partial charge in [-0.3, -0.25) is 0 Å². The van der Waals surface area contributed by atoms with E-state index in [9.17, 15) is 13.2 Å². The van der Waals surface area contributed by atoms with Crippen LogP contribution in [-0.2, 0) is 6.18 Å². The van der Waals surface area contributed by atoms with Crippen LogP contribution in [0.1, 0.15) is 5.56 Å². The summed E-state index contributed by atoms with van der Waals surface area (Å²) in [5.41, 5.74) is 0.346. The standard InChI is InChI=1S/C15H11ClF3N5O/c1-23-5-6-25-11-10(23)12(16)22-24-13(20-21-14(11)24)8-3-2-4-9(7-8)15(17,18)19/h2-4,7H,5-6H2,1H3. The predicted molar refractivity (Wildman–Crippen MR) is 85.0 cm³/mol. The van der Waals surface area contributed by atoms with E-state index in [2.05, 4.69) is 15.3 Å². The van der Waals surface area contributed by atoms with Crippen LogP contribution in [0, 0.1) is 0 Å². The Balaban J connectivity index is 1.92. The minimum absolute atomic E-state index is 0.155. The van der Waals surface area contributed by atoms with E-state index in [1.165, 1.54) is 16.6 Å². The molecule has 3 aromatic rings. The largest absolute Gasteiger partial charge is 0.486 e. The van der Waals surface area contributed by atoms with Crippen LogP contribution in [0.25, 0.3) is 17.0 Å². The number of likely N-dealkylation sites (N-methyl/N-ethyl adjacent to an activating group) is 1. The number of fused-ring (bicyclic) bond motifs is 3. The van der Waals surface area contributed by atoms with Crippen molar-refractivity contribution in [2.75, 3.05) is 25.1 Å². The maximum Gasteiger partial charge on any atom is 0.416 e. The number of hydrogen-bond acceptors (Lipinski definition) is 5. The Hall–Kier alpha value is -2.55. The van der Waals surface area contributed by atoms with Crippen molar-refractivity contribution in [1.29, 1.82) is 0 Å². The van der Waals surface area contributed by atoms with Gasteiger partial charge in [0.1, 0.15) is 12.3 Å². The quantitative estimate of drug-likeness (QED) is 0.659. The SMILES string of the molecule is CN1CCOc2c1c(Cl)nn1c(-c3cccc(C(F)(F)F)c3)nnc21. The summed E-state index contributed by atoms with van der Waals surface area (Å²) in [6.45, 7) is 1.07. The third kappa shape index (κ3) is 2.55. The molecular formula is C15H11ClF3N5O. The molecule has 0 N–H and O–H groups in total. The average Bonchev–Trinajstić information content (AvgIpc) is 2.98. The summed E-state index contributed by atoms with van der Waals surface area (Å²) >= 11 is 6.25. The molecule has 25 heavy (non-hydrogen) atoms. The van der Waals surface area contributed by atoms with Crippen LogP contribution in [0.2, 0.25) is 5.15 Å². The third-order valence-corrected chi connectivity index (χ3v) is 4.20. The lowest BCUT2D eigenvalue weighted by Crippen LogP contribution is -2.30. The summed E-state index contributed by atoms with van der Waals surface area (Å²) in [6, 6.07) is 4.81. The molecular weight excluding hydrogens is 359 g/mol. The van der Waals surface area contributed by atoms with Gasteiger partial charge in [-0.25, -0.2) is 0 Å². The first-order valence-electron chi connectivity index (χ1n) is 7.33. The average molecular weight is 370 g/mol. The summed E-state index contributed by atoms with van der Waals surface area (Å²) < 4.78 is 45.8. The fourth-order valence-electron chi connectivity index (χ4n) is 2.73. The fourth-order valence-corrected chi connectivity index (χ4v) is 3.03. The lowest BCUT2D eigenvalue weighted by atomic mass is 10.1. The van der Waals surface area contributed by atoms with Crippen molar-refractivity contribution in [1.82, 2.24) is 19.8 Å². The zero-order valence-corrected chi connectivity index (χ0v) is 13.6. The number of ether oxygens (including phenoxy) is 1. The van der Waals surface area contributed by atoms with Gasteiger partial charge in [0.25, 0.3) is 0 Å². The molecule has 0 saturated heterocycles. The van der Waals surface area contributed by atoms with E-state index in [1.807, 2.05) is 11.9 Å². The fraction of sp³-hybridized carbons (Fsp3) is 0.267. The Bertz CT molecular complexity index is 972. The zero-order chi connectivity index (χ0) is 17.8. The minimum atomic E-state index is -4.45. The van der Waals surface area contributed by atoms with Crippen LogP contribution in [0.4, 0.5) is 18.9 Å². The summed E-state index contributed by atoms with van der Waals surface area (Å²) in [5.74, 6) is 0.571. The molecule has 2 aromatic heterocycles. The monoisotopic (exact) mass is 369 g/mol. The maximum atomic E-state index is 13.0. The van der Waals surface area contributed by atoms with Gasteiger partial charge in [-0.15, -0.1) is 15.3 Å². The van der Waals surface area contributed by atoms with Gasteiger partial charge in [-0.1, -0.05) is 23.7 Å². The molecule has 0 radical (unpaired) electrons. The van der Waals surface area contributed by atoms with Gasteiger partial charge in [0, 0.05) is 12.6 Å². The molecule has 1 aliphatic heterocycles. The predicted octanol–water partition coefficient (Wildman–Crippen LogP) is 3.29.